The molecule has 1 saturated heterocycles. The monoisotopic (exact) mass is 143 g/mol. The molecule has 1 amide bonds. The van der Waals surface area contributed by atoms with Gasteiger partial charge in [-0.25, -0.2) is 5.01 Å². The van der Waals surface area contributed by atoms with Crippen LogP contribution in [0.15, 0.2) is 0 Å². The number of carbonyl (C=O) groups is 1. The third kappa shape index (κ3) is 1.46. The summed E-state index contributed by atoms with van der Waals surface area (Å²) >= 11 is 0. The molecule has 1 atom stereocenters. The second kappa shape index (κ2) is 2.98. The number of hydrogen-bond acceptors (Lipinski definition) is 3. The Bertz CT molecular complexity index is 128. The second-order valence-corrected chi connectivity index (χ2v) is 2.69. The van der Waals surface area contributed by atoms with Crippen molar-refractivity contribution < 1.29 is 4.79 Å². The molecule has 0 aromatic rings. The minimum absolute atomic E-state index is 0.260. The minimum atomic E-state index is 0.260. The topological polar surface area (TPSA) is 49.6 Å². The smallest absolute Gasteiger partial charge is 0.210 e. The first-order chi connectivity index (χ1) is 4.74. The standard InChI is InChI=1S/C6H13N3O/c1-6-4-9(7)3-2-8(6)5-10/h5-6H,2-4,7H2,1H3/t6-/m1/s1. The zero-order valence-electron chi connectivity index (χ0n) is 6.16. The zero-order valence-corrected chi connectivity index (χ0v) is 6.16. The van der Waals surface area contributed by atoms with Crippen molar-refractivity contribution in [2.45, 2.75) is 13.0 Å². The Balaban J connectivity index is 2.43. The lowest BCUT2D eigenvalue weighted by Gasteiger charge is -2.35. The molecular weight excluding hydrogens is 130 g/mol. The summed E-state index contributed by atoms with van der Waals surface area (Å²) in [4.78, 5) is 12.1. The second-order valence-electron chi connectivity index (χ2n) is 2.69. The number of nitrogens with zero attached hydrogens (tertiary/aromatic N) is 2. The van der Waals surface area contributed by atoms with E-state index in [4.69, 9.17) is 5.84 Å². The van der Waals surface area contributed by atoms with Gasteiger partial charge in [-0.3, -0.25) is 10.6 Å². The van der Waals surface area contributed by atoms with Crippen LogP contribution in [0.2, 0.25) is 0 Å². The van der Waals surface area contributed by atoms with Crippen LogP contribution in [0.25, 0.3) is 0 Å². The van der Waals surface area contributed by atoms with Gasteiger partial charge in [0.2, 0.25) is 6.41 Å². The molecule has 0 saturated carbocycles. The maximum Gasteiger partial charge on any atom is 0.210 e. The molecule has 0 radical (unpaired) electrons. The van der Waals surface area contributed by atoms with Crippen molar-refractivity contribution >= 4 is 6.41 Å². The molecule has 58 valence electrons. The average molecular weight is 143 g/mol. The van der Waals surface area contributed by atoms with Gasteiger partial charge in [0.1, 0.15) is 0 Å². The van der Waals surface area contributed by atoms with Gasteiger partial charge >= 0.3 is 0 Å². The van der Waals surface area contributed by atoms with Gasteiger partial charge in [-0.05, 0) is 6.92 Å². The summed E-state index contributed by atoms with van der Waals surface area (Å²) in [5.41, 5.74) is 0. The van der Waals surface area contributed by atoms with Crippen LogP contribution in [0.4, 0.5) is 0 Å². The lowest BCUT2D eigenvalue weighted by atomic mass is 10.2. The van der Waals surface area contributed by atoms with Crippen molar-refractivity contribution in [2.75, 3.05) is 19.6 Å². The average Bonchev–Trinajstić information content (AvgIpc) is 1.88. The lowest BCUT2D eigenvalue weighted by molar-refractivity contribution is -0.122. The van der Waals surface area contributed by atoms with E-state index in [1.165, 1.54) is 0 Å². The first-order valence-electron chi connectivity index (χ1n) is 3.44. The molecule has 0 spiro atoms. The van der Waals surface area contributed by atoms with Crippen LogP contribution in [0, 0.1) is 0 Å². The number of piperazine rings is 1. The molecular formula is C6H13N3O. The van der Waals surface area contributed by atoms with Gasteiger partial charge in [-0.2, -0.15) is 0 Å². The zero-order chi connectivity index (χ0) is 7.56. The Morgan fingerprint density at radius 1 is 1.60 bits per heavy atom. The normalized spacial score (nSPS) is 28.6. The van der Waals surface area contributed by atoms with Crippen LogP contribution >= 0.6 is 0 Å². The van der Waals surface area contributed by atoms with Crippen molar-refractivity contribution in [1.82, 2.24) is 9.91 Å². The van der Waals surface area contributed by atoms with E-state index in [1.807, 2.05) is 6.92 Å². The molecule has 1 aliphatic heterocycles. The highest BCUT2D eigenvalue weighted by Gasteiger charge is 2.19. The number of hydrazine groups is 1. The fourth-order valence-corrected chi connectivity index (χ4v) is 1.16. The maximum absolute atomic E-state index is 10.3. The molecule has 10 heavy (non-hydrogen) atoms. The summed E-state index contributed by atoms with van der Waals surface area (Å²) in [6, 6.07) is 0.260. The molecule has 4 heteroatoms. The summed E-state index contributed by atoms with van der Waals surface area (Å²) in [6.45, 7) is 4.30. The largest absolute Gasteiger partial charge is 0.340 e. The Morgan fingerprint density at radius 3 is 2.80 bits per heavy atom. The van der Waals surface area contributed by atoms with Crippen LogP contribution in [-0.2, 0) is 4.79 Å². The summed E-state index contributed by atoms with van der Waals surface area (Å²) in [7, 11) is 0. The molecule has 2 N–H and O–H groups in total. The van der Waals surface area contributed by atoms with Gasteiger partial charge in [0.25, 0.3) is 0 Å². The highest BCUT2D eigenvalue weighted by molar-refractivity contribution is 5.47. The van der Waals surface area contributed by atoms with E-state index >= 15 is 0 Å². The molecule has 1 rings (SSSR count). The maximum atomic E-state index is 10.3. The molecule has 4 nitrogen and oxygen atoms in total. The van der Waals surface area contributed by atoms with Gasteiger partial charge in [0, 0.05) is 25.7 Å². The molecule has 1 aliphatic rings. The molecule has 0 bridgehead atoms. The molecule has 0 aliphatic carbocycles. The number of amides is 1. The van der Waals surface area contributed by atoms with E-state index in [0.29, 0.717) is 0 Å². The molecule has 0 aromatic heterocycles. The number of rotatable bonds is 1. The van der Waals surface area contributed by atoms with Gasteiger partial charge in [-0.15, -0.1) is 0 Å². The van der Waals surface area contributed by atoms with Crippen LogP contribution in [0.3, 0.4) is 0 Å². The summed E-state index contributed by atoms with van der Waals surface area (Å²) in [5, 5.41) is 1.74. The summed E-state index contributed by atoms with van der Waals surface area (Å²) < 4.78 is 0. The predicted octanol–water partition coefficient (Wildman–Crippen LogP) is -0.977. The fourth-order valence-electron chi connectivity index (χ4n) is 1.16. The SMILES string of the molecule is C[C@@H]1CN(N)CCN1C=O. The highest BCUT2D eigenvalue weighted by Crippen LogP contribution is 2.02. The van der Waals surface area contributed by atoms with Crippen molar-refractivity contribution in [2.24, 2.45) is 5.84 Å². The van der Waals surface area contributed by atoms with Gasteiger partial charge in [-0.1, -0.05) is 0 Å². The number of nitrogens with two attached hydrogens (primary N) is 1. The van der Waals surface area contributed by atoms with E-state index in [9.17, 15) is 4.79 Å². The van der Waals surface area contributed by atoms with Crippen LogP contribution in [0.1, 0.15) is 6.92 Å². The van der Waals surface area contributed by atoms with Crippen molar-refractivity contribution in [1.29, 1.82) is 0 Å². The summed E-state index contributed by atoms with van der Waals surface area (Å²) in [6.07, 6.45) is 0.887. The quantitative estimate of drug-likeness (QED) is 0.379. The first kappa shape index (κ1) is 7.50. The molecule has 1 heterocycles. The van der Waals surface area contributed by atoms with E-state index in [-0.39, 0.29) is 6.04 Å². The Labute approximate surface area is 60.5 Å². The number of hydrogen-bond donors (Lipinski definition) is 1. The molecule has 1 fully saturated rings. The van der Waals surface area contributed by atoms with E-state index in [2.05, 4.69) is 0 Å². The Morgan fingerprint density at radius 2 is 2.30 bits per heavy atom. The fraction of sp³-hybridized carbons (Fsp3) is 0.833. The Kier molecular flexibility index (Phi) is 2.24. The summed E-state index contributed by atoms with van der Waals surface area (Å²) in [5.74, 6) is 5.53. The van der Waals surface area contributed by atoms with Crippen LogP contribution in [-0.4, -0.2) is 42.0 Å². The molecule has 0 aromatic carbocycles. The van der Waals surface area contributed by atoms with Crippen LogP contribution < -0.4 is 5.84 Å². The van der Waals surface area contributed by atoms with Crippen molar-refractivity contribution in [3.63, 3.8) is 0 Å². The van der Waals surface area contributed by atoms with Gasteiger partial charge in [0.15, 0.2) is 0 Å². The number of carbonyl (C=O) groups excluding carboxylic acids is 1. The van der Waals surface area contributed by atoms with Crippen molar-refractivity contribution in [3.8, 4) is 0 Å². The highest BCUT2D eigenvalue weighted by atomic mass is 16.1. The minimum Gasteiger partial charge on any atom is -0.340 e. The van der Waals surface area contributed by atoms with E-state index < -0.39 is 0 Å². The van der Waals surface area contributed by atoms with Gasteiger partial charge < -0.3 is 4.90 Å². The molecule has 0 unspecified atom stereocenters. The third-order valence-corrected chi connectivity index (χ3v) is 1.85. The Hall–Kier alpha value is -0.610. The lowest BCUT2D eigenvalue weighted by Crippen LogP contribution is -2.53. The van der Waals surface area contributed by atoms with Gasteiger partial charge in [0.05, 0.1) is 0 Å². The van der Waals surface area contributed by atoms with E-state index in [0.717, 1.165) is 26.0 Å². The first-order valence-corrected chi connectivity index (χ1v) is 3.44. The third-order valence-electron chi connectivity index (χ3n) is 1.85. The predicted molar refractivity (Wildman–Crippen MR) is 38.0 cm³/mol. The van der Waals surface area contributed by atoms with Crippen molar-refractivity contribution in [3.05, 3.63) is 0 Å². The van der Waals surface area contributed by atoms with Crippen LogP contribution in [0.5, 0.6) is 0 Å². The van der Waals surface area contributed by atoms with E-state index in [1.54, 1.807) is 9.91 Å².